The van der Waals surface area contributed by atoms with E-state index in [9.17, 15) is 0 Å². The molecule has 0 saturated heterocycles. The Kier molecular flexibility index (Phi) is 4.93. The van der Waals surface area contributed by atoms with Gasteiger partial charge in [-0.05, 0) is 51.4 Å². The van der Waals surface area contributed by atoms with Crippen molar-refractivity contribution >= 4 is 16.9 Å². The third kappa shape index (κ3) is 3.38. The number of nitrogens with two attached hydrogens (primary N) is 1. The molecule has 0 aromatic heterocycles. The first-order valence-electron chi connectivity index (χ1n) is 5.65. The van der Waals surface area contributed by atoms with Crippen molar-refractivity contribution in [3.05, 3.63) is 0 Å². The summed E-state index contributed by atoms with van der Waals surface area (Å²) in [5.41, 5.74) is 5.84. The van der Waals surface area contributed by atoms with E-state index in [-0.39, 0.29) is 0 Å². The lowest BCUT2D eigenvalue weighted by Crippen LogP contribution is -2.84. The van der Waals surface area contributed by atoms with Crippen molar-refractivity contribution in [2.45, 2.75) is 38.3 Å². The van der Waals surface area contributed by atoms with Gasteiger partial charge in [0.1, 0.15) is 0 Å². The van der Waals surface area contributed by atoms with Crippen molar-refractivity contribution in [1.29, 1.82) is 0 Å². The van der Waals surface area contributed by atoms with Crippen LogP contribution in [-0.4, -0.2) is 42.5 Å². The molecule has 3 N–H and O–H groups in total. The first-order valence-corrected chi connectivity index (χ1v) is 6.88. The summed E-state index contributed by atoms with van der Waals surface area (Å²) in [5.74, 6) is 0.666. The van der Waals surface area contributed by atoms with Crippen LogP contribution >= 0.6 is 11.8 Å². The summed E-state index contributed by atoms with van der Waals surface area (Å²) in [6.07, 6.45) is 5.87. The molecule has 0 spiro atoms. The summed E-state index contributed by atoms with van der Waals surface area (Å²) in [4.78, 5) is 5.77. The second-order valence-electron chi connectivity index (χ2n) is 4.64. The van der Waals surface area contributed by atoms with Crippen LogP contribution in [0.25, 0.3) is 0 Å². The normalized spacial score (nSPS) is 33.4. The van der Waals surface area contributed by atoms with Crippen LogP contribution in [0.1, 0.15) is 26.2 Å². The molecular formula is C11H24N3S+. The summed E-state index contributed by atoms with van der Waals surface area (Å²) in [7, 11) is 4.34. The Balaban J connectivity index is 2.66. The summed E-state index contributed by atoms with van der Waals surface area (Å²) >= 11 is 1.60. The fourth-order valence-corrected chi connectivity index (χ4v) is 2.78. The topological polar surface area (TPSA) is 43.2 Å². The maximum absolute atomic E-state index is 5.84. The smallest absolute Gasteiger partial charge is 0.301 e. The van der Waals surface area contributed by atoms with Crippen LogP contribution in [0.15, 0.2) is 0 Å². The highest BCUT2D eigenvalue weighted by Gasteiger charge is 2.32. The third-order valence-electron chi connectivity index (χ3n) is 3.47. The average molecular weight is 230 g/mol. The van der Waals surface area contributed by atoms with Gasteiger partial charge >= 0.3 is 5.17 Å². The molecule has 1 fully saturated rings. The van der Waals surface area contributed by atoms with Crippen molar-refractivity contribution < 1.29 is 4.99 Å². The van der Waals surface area contributed by atoms with Crippen LogP contribution in [-0.2, 0) is 0 Å². The van der Waals surface area contributed by atoms with Crippen molar-refractivity contribution in [3.8, 4) is 0 Å². The van der Waals surface area contributed by atoms with Crippen molar-refractivity contribution in [1.82, 2.24) is 4.90 Å². The van der Waals surface area contributed by atoms with Crippen molar-refractivity contribution in [2.75, 3.05) is 20.4 Å². The number of nitrogens with one attached hydrogen (secondary N) is 1. The molecule has 0 heterocycles. The molecule has 0 aromatic rings. The Morgan fingerprint density at radius 1 is 1.40 bits per heavy atom. The van der Waals surface area contributed by atoms with Gasteiger partial charge in [-0.3, -0.25) is 10.7 Å². The van der Waals surface area contributed by atoms with Gasteiger partial charge in [-0.15, -0.1) is 0 Å². The Labute approximate surface area is 97.5 Å². The molecule has 1 aliphatic rings. The van der Waals surface area contributed by atoms with Gasteiger partial charge in [0.25, 0.3) is 0 Å². The molecule has 15 heavy (non-hydrogen) atoms. The first-order chi connectivity index (χ1) is 7.06. The largest absolute Gasteiger partial charge is 0.306 e. The molecule has 3 unspecified atom stereocenters. The van der Waals surface area contributed by atoms with Crippen LogP contribution in [0.4, 0.5) is 0 Å². The Morgan fingerprint density at radius 3 is 2.60 bits per heavy atom. The van der Waals surface area contributed by atoms with E-state index in [2.05, 4.69) is 30.9 Å². The number of hydrogen-bond donors (Lipinski definition) is 2. The molecule has 0 radical (unpaired) electrons. The standard InChI is InChI=1S/C11H23N3S/c1-8-9(13-11(12)15-4)6-5-7-10(8)14(2)3/h8-10H,5-7H2,1-4H3,(H2,12,13)/p+1. The molecule has 1 aliphatic carbocycles. The van der Waals surface area contributed by atoms with Gasteiger partial charge in [0.2, 0.25) is 0 Å². The molecule has 4 heteroatoms. The quantitative estimate of drug-likeness (QED) is 0.513. The van der Waals surface area contributed by atoms with Gasteiger partial charge in [-0.25, -0.2) is 0 Å². The maximum atomic E-state index is 5.84. The van der Waals surface area contributed by atoms with Crippen LogP contribution in [0, 0.1) is 5.92 Å². The van der Waals surface area contributed by atoms with E-state index in [4.69, 9.17) is 5.73 Å². The second kappa shape index (κ2) is 5.75. The number of hydrogen-bond acceptors (Lipinski definition) is 2. The predicted octanol–water partition coefficient (Wildman–Crippen LogP) is -0.136. The number of nitrogens with zero attached hydrogens (tertiary/aromatic N) is 1. The summed E-state index contributed by atoms with van der Waals surface area (Å²) < 4.78 is 0. The van der Waals surface area contributed by atoms with Gasteiger partial charge in [0.15, 0.2) is 0 Å². The highest BCUT2D eigenvalue weighted by atomic mass is 32.2. The SMILES string of the molecule is CSC(N)=[NH+]C1CCCC(N(C)C)C1C. The lowest BCUT2D eigenvalue weighted by atomic mass is 9.81. The zero-order valence-corrected chi connectivity index (χ0v) is 11.1. The minimum atomic E-state index is 0.540. The monoisotopic (exact) mass is 230 g/mol. The average Bonchev–Trinajstić information content (AvgIpc) is 2.20. The van der Waals surface area contributed by atoms with E-state index < -0.39 is 0 Å². The van der Waals surface area contributed by atoms with Gasteiger partial charge < -0.3 is 4.90 Å². The van der Waals surface area contributed by atoms with Gasteiger partial charge in [0.05, 0.1) is 6.04 Å². The van der Waals surface area contributed by atoms with Crippen LogP contribution in [0.3, 0.4) is 0 Å². The lowest BCUT2D eigenvalue weighted by Gasteiger charge is -2.36. The van der Waals surface area contributed by atoms with E-state index in [1.165, 1.54) is 19.3 Å². The molecule has 88 valence electrons. The third-order valence-corrected chi connectivity index (χ3v) is 4.03. The van der Waals surface area contributed by atoms with Crippen LogP contribution in [0.2, 0.25) is 0 Å². The molecule has 1 saturated carbocycles. The van der Waals surface area contributed by atoms with E-state index in [1.807, 2.05) is 6.26 Å². The molecule has 3 atom stereocenters. The summed E-state index contributed by atoms with van der Waals surface area (Å²) in [6, 6.07) is 1.23. The number of amidine groups is 1. The minimum Gasteiger partial charge on any atom is -0.306 e. The Morgan fingerprint density at radius 2 is 2.07 bits per heavy atom. The molecular weight excluding hydrogens is 206 g/mol. The van der Waals surface area contributed by atoms with Crippen LogP contribution in [0.5, 0.6) is 0 Å². The predicted molar refractivity (Wildman–Crippen MR) is 68.0 cm³/mol. The molecule has 0 amide bonds. The maximum Gasteiger partial charge on any atom is 0.301 e. The highest BCUT2D eigenvalue weighted by molar-refractivity contribution is 8.12. The first kappa shape index (κ1) is 12.8. The van der Waals surface area contributed by atoms with E-state index >= 15 is 0 Å². The lowest BCUT2D eigenvalue weighted by molar-refractivity contribution is -0.517. The molecule has 0 bridgehead atoms. The highest BCUT2D eigenvalue weighted by Crippen LogP contribution is 2.25. The second-order valence-corrected chi connectivity index (χ2v) is 5.49. The van der Waals surface area contributed by atoms with Gasteiger partial charge in [0, 0.05) is 12.0 Å². The van der Waals surface area contributed by atoms with Gasteiger partial charge in [-0.2, -0.15) is 0 Å². The van der Waals surface area contributed by atoms with E-state index in [0.29, 0.717) is 18.0 Å². The van der Waals surface area contributed by atoms with Crippen molar-refractivity contribution in [3.63, 3.8) is 0 Å². The summed E-state index contributed by atoms with van der Waals surface area (Å²) in [6.45, 7) is 2.33. The number of rotatable bonds is 2. The molecule has 1 rings (SSSR count). The summed E-state index contributed by atoms with van der Waals surface area (Å²) in [5, 5.41) is 0.853. The molecule has 0 aliphatic heterocycles. The van der Waals surface area contributed by atoms with E-state index in [0.717, 1.165) is 5.17 Å². The zero-order valence-electron chi connectivity index (χ0n) is 10.3. The molecule has 3 nitrogen and oxygen atoms in total. The Hall–Kier alpha value is -0.220. The Bertz CT molecular complexity index is 228. The zero-order chi connectivity index (χ0) is 11.4. The fourth-order valence-electron chi connectivity index (χ4n) is 2.51. The van der Waals surface area contributed by atoms with Gasteiger partial charge in [-0.1, -0.05) is 6.92 Å². The molecule has 0 aromatic carbocycles. The minimum absolute atomic E-state index is 0.540. The van der Waals surface area contributed by atoms with E-state index in [1.54, 1.807) is 11.8 Å². The fraction of sp³-hybridized carbons (Fsp3) is 0.909. The number of thioether (sulfide) groups is 1. The van der Waals surface area contributed by atoms with Crippen molar-refractivity contribution in [2.24, 2.45) is 11.7 Å². The van der Waals surface area contributed by atoms with Crippen LogP contribution < -0.4 is 10.7 Å².